The SMILES string of the molecule is CC(C)c1cc2ccc3c(c2c(O)c1O)C=CCC3(C)C. The number of allylic oxidation sites excluding steroid dienone is 1. The molecule has 2 aromatic carbocycles. The van der Waals surface area contributed by atoms with Crippen LogP contribution in [0.25, 0.3) is 16.8 Å². The van der Waals surface area contributed by atoms with E-state index in [1.165, 1.54) is 5.56 Å². The molecule has 0 unspecified atom stereocenters. The lowest BCUT2D eigenvalue weighted by atomic mass is 9.74. The van der Waals surface area contributed by atoms with Crippen LogP contribution in [0.1, 0.15) is 56.7 Å². The fourth-order valence-electron chi connectivity index (χ4n) is 3.30. The van der Waals surface area contributed by atoms with E-state index in [4.69, 9.17) is 0 Å². The Morgan fingerprint density at radius 3 is 2.48 bits per heavy atom. The maximum absolute atomic E-state index is 10.5. The van der Waals surface area contributed by atoms with Gasteiger partial charge in [0.25, 0.3) is 0 Å². The molecule has 21 heavy (non-hydrogen) atoms. The van der Waals surface area contributed by atoms with Gasteiger partial charge in [-0.25, -0.2) is 0 Å². The zero-order chi connectivity index (χ0) is 15.4. The molecular weight excluding hydrogens is 260 g/mol. The molecule has 3 rings (SSSR count). The summed E-state index contributed by atoms with van der Waals surface area (Å²) in [4.78, 5) is 0. The molecule has 110 valence electrons. The van der Waals surface area contributed by atoms with Gasteiger partial charge in [0.1, 0.15) is 0 Å². The van der Waals surface area contributed by atoms with Gasteiger partial charge >= 0.3 is 0 Å². The number of phenols is 2. The molecule has 0 bridgehead atoms. The quantitative estimate of drug-likeness (QED) is 0.717. The molecule has 0 saturated heterocycles. The molecule has 1 aliphatic carbocycles. The van der Waals surface area contributed by atoms with Gasteiger partial charge in [0.2, 0.25) is 0 Å². The lowest BCUT2D eigenvalue weighted by Crippen LogP contribution is -2.19. The largest absolute Gasteiger partial charge is 0.504 e. The van der Waals surface area contributed by atoms with E-state index in [1.54, 1.807) is 0 Å². The number of benzene rings is 2. The van der Waals surface area contributed by atoms with Crippen LogP contribution < -0.4 is 0 Å². The maximum atomic E-state index is 10.5. The Bertz CT molecular complexity index is 752. The van der Waals surface area contributed by atoms with Crippen LogP contribution >= 0.6 is 0 Å². The molecule has 0 atom stereocenters. The molecule has 2 nitrogen and oxygen atoms in total. The van der Waals surface area contributed by atoms with Gasteiger partial charge in [0.15, 0.2) is 11.5 Å². The van der Waals surface area contributed by atoms with Gasteiger partial charge in [0, 0.05) is 10.9 Å². The Morgan fingerprint density at radius 2 is 1.81 bits per heavy atom. The number of phenolic OH excluding ortho intramolecular Hbond substituents is 2. The number of hydrogen-bond donors (Lipinski definition) is 2. The van der Waals surface area contributed by atoms with Crippen molar-refractivity contribution in [1.29, 1.82) is 0 Å². The molecule has 2 N–H and O–H groups in total. The second kappa shape index (κ2) is 4.52. The Morgan fingerprint density at radius 1 is 1.10 bits per heavy atom. The Labute approximate surface area is 125 Å². The number of rotatable bonds is 1. The predicted molar refractivity (Wildman–Crippen MR) is 88.0 cm³/mol. The molecule has 2 aromatic rings. The molecule has 2 heteroatoms. The third kappa shape index (κ3) is 2.01. The summed E-state index contributed by atoms with van der Waals surface area (Å²) in [6.07, 6.45) is 5.20. The number of hydrogen-bond acceptors (Lipinski definition) is 2. The fraction of sp³-hybridized carbons (Fsp3) is 0.368. The van der Waals surface area contributed by atoms with E-state index < -0.39 is 0 Å². The zero-order valence-electron chi connectivity index (χ0n) is 13.1. The van der Waals surface area contributed by atoms with E-state index in [0.29, 0.717) is 0 Å². The predicted octanol–water partition coefficient (Wildman–Crippen LogP) is 5.07. The first kappa shape index (κ1) is 14.0. The van der Waals surface area contributed by atoms with Crippen LogP contribution in [-0.2, 0) is 5.41 Å². The lowest BCUT2D eigenvalue weighted by Gasteiger charge is -2.30. The Kier molecular flexibility index (Phi) is 3.01. The standard InChI is InChI=1S/C19H22O2/c1-11(2)14-10-12-7-8-15-13(6-5-9-19(15,3)4)16(12)18(21)17(14)20/h5-8,10-11,20-21H,9H2,1-4H3. The summed E-state index contributed by atoms with van der Waals surface area (Å²) in [7, 11) is 0. The fourth-order valence-corrected chi connectivity index (χ4v) is 3.30. The second-order valence-corrected chi connectivity index (χ2v) is 6.93. The maximum Gasteiger partial charge on any atom is 0.166 e. The highest BCUT2D eigenvalue weighted by molar-refractivity contribution is 5.99. The molecule has 0 saturated carbocycles. The van der Waals surface area contributed by atoms with Gasteiger partial charge < -0.3 is 10.2 Å². The van der Waals surface area contributed by atoms with Crippen LogP contribution in [0.3, 0.4) is 0 Å². The van der Waals surface area contributed by atoms with Crippen molar-refractivity contribution in [2.45, 2.75) is 45.4 Å². The molecule has 1 aliphatic rings. The highest BCUT2D eigenvalue weighted by Gasteiger charge is 2.27. The van der Waals surface area contributed by atoms with Gasteiger partial charge in [-0.1, -0.05) is 52.0 Å². The van der Waals surface area contributed by atoms with Crippen molar-refractivity contribution in [3.63, 3.8) is 0 Å². The first-order valence-corrected chi connectivity index (χ1v) is 7.51. The normalized spacial score (nSPS) is 16.4. The van der Waals surface area contributed by atoms with Crippen LogP contribution in [0.2, 0.25) is 0 Å². The van der Waals surface area contributed by atoms with Crippen LogP contribution in [-0.4, -0.2) is 10.2 Å². The van der Waals surface area contributed by atoms with E-state index >= 15 is 0 Å². The molecule has 0 heterocycles. The average molecular weight is 282 g/mol. The van der Waals surface area contributed by atoms with Crippen LogP contribution in [0.4, 0.5) is 0 Å². The minimum Gasteiger partial charge on any atom is -0.504 e. The van der Waals surface area contributed by atoms with E-state index in [-0.39, 0.29) is 22.8 Å². The van der Waals surface area contributed by atoms with Gasteiger partial charge in [-0.15, -0.1) is 0 Å². The molecule has 0 fully saturated rings. The second-order valence-electron chi connectivity index (χ2n) is 6.93. The van der Waals surface area contributed by atoms with E-state index in [9.17, 15) is 10.2 Å². The first-order valence-electron chi connectivity index (χ1n) is 7.51. The minimum atomic E-state index is 0.00963. The average Bonchev–Trinajstić information content (AvgIpc) is 2.41. The molecule has 0 radical (unpaired) electrons. The summed E-state index contributed by atoms with van der Waals surface area (Å²) >= 11 is 0. The van der Waals surface area contributed by atoms with Crippen molar-refractivity contribution in [1.82, 2.24) is 0 Å². The Hall–Kier alpha value is -1.96. The van der Waals surface area contributed by atoms with Gasteiger partial charge in [-0.3, -0.25) is 0 Å². The molecule has 0 aromatic heterocycles. The Balaban J connectivity index is 2.41. The van der Waals surface area contributed by atoms with Crippen molar-refractivity contribution in [3.05, 3.63) is 41.0 Å². The van der Waals surface area contributed by atoms with Crippen molar-refractivity contribution < 1.29 is 10.2 Å². The summed E-state index contributed by atoms with van der Waals surface area (Å²) in [6.45, 7) is 8.45. The number of fused-ring (bicyclic) bond motifs is 3. The summed E-state index contributed by atoms with van der Waals surface area (Å²) < 4.78 is 0. The highest BCUT2D eigenvalue weighted by atomic mass is 16.3. The van der Waals surface area contributed by atoms with Crippen molar-refractivity contribution in [3.8, 4) is 11.5 Å². The molecule has 0 amide bonds. The lowest BCUT2D eigenvalue weighted by molar-refractivity contribution is 0.402. The monoisotopic (exact) mass is 282 g/mol. The summed E-state index contributed by atoms with van der Waals surface area (Å²) in [5, 5.41) is 22.6. The third-order valence-corrected chi connectivity index (χ3v) is 4.59. The molecule has 0 aliphatic heterocycles. The topological polar surface area (TPSA) is 40.5 Å². The van der Waals surface area contributed by atoms with Crippen molar-refractivity contribution >= 4 is 16.8 Å². The van der Waals surface area contributed by atoms with E-state index in [1.807, 2.05) is 19.9 Å². The summed E-state index contributed by atoms with van der Waals surface area (Å²) in [5.74, 6) is 0.196. The smallest absolute Gasteiger partial charge is 0.166 e. The minimum absolute atomic E-state index is 0.00963. The van der Waals surface area contributed by atoms with Crippen molar-refractivity contribution in [2.75, 3.05) is 0 Å². The third-order valence-electron chi connectivity index (χ3n) is 4.59. The van der Waals surface area contributed by atoms with Gasteiger partial charge in [-0.2, -0.15) is 0 Å². The van der Waals surface area contributed by atoms with Crippen LogP contribution in [0.5, 0.6) is 11.5 Å². The van der Waals surface area contributed by atoms with Crippen molar-refractivity contribution in [2.24, 2.45) is 0 Å². The first-order chi connectivity index (χ1) is 9.83. The number of aromatic hydroxyl groups is 2. The summed E-state index contributed by atoms with van der Waals surface area (Å²) in [6, 6.07) is 6.20. The molecular formula is C19H22O2. The van der Waals surface area contributed by atoms with E-state index in [0.717, 1.165) is 28.3 Å². The van der Waals surface area contributed by atoms with E-state index in [2.05, 4.69) is 38.1 Å². The van der Waals surface area contributed by atoms with Gasteiger partial charge in [-0.05, 0) is 40.3 Å². The summed E-state index contributed by atoms with van der Waals surface area (Å²) in [5.41, 5.74) is 3.10. The van der Waals surface area contributed by atoms with Crippen LogP contribution in [0, 0.1) is 0 Å². The zero-order valence-corrected chi connectivity index (χ0v) is 13.1. The van der Waals surface area contributed by atoms with Gasteiger partial charge in [0.05, 0.1) is 0 Å². The van der Waals surface area contributed by atoms with Crippen LogP contribution in [0.15, 0.2) is 24.3 Å². The highest BCUT2D eigenvalue weighted by Crippen LogP contribution is 2.46. The molecule has 0 spiro atoms.